The normalized spacial score (nSPS) is 15.4. The van der Waals surface area contributed by atoms with Crippen molar-refractivity contribution < 1.29 is 24.1 Å². The third kappa shape index (κ3) is 3.39. The van der Waals surface area contributed by atoms with Crippen molar-refractivity contribution in [3.63, 3.8) is 0 Å². The molecule has 1 aliphatic heterocycles. The summed E-state index contributed by atoms with van der Waals surface area (Å²) in [5, 5.41) is 8.76. The molecule has 0 spiro atoms. The highest BCUT2D eigenvalue weighted by atomic mass is 16.5. The number of rotatable bonds is 7. The second-order valence-corrected chi connectivity index (χ2v) is 5.15. The molecule has 0 amide bonds. The van der Waals surface area contributed by atoms with Gasteiger partial charge in [0.05, 0.1) is 27.8 Å². The number of aliphatic carboxylic acids is 1. The van der Waals surface area contributed by atoms with Crippen LogP contribution in [0.4, 0.5) is 0 Å². The van der Waals surface area contributed by atoms with Gasteiger partial charge in [-0.25, -0.2) is 0 Å². The van der Waals surface area contributed by atoms with Crippen LogP contribution in [0.15, 0.2) is 12.1 Å². The van der Waals surface area contributed by atoms with E-state index in [-0.39, 0.29) is 12.3 Å². The summed E-state index contributed by atoms with van der Waals surface area (Å²) >= 11 is 0. The second-order valence-electron chi connectivity index (χ2n) is 5.15. The molecular weight excluding hydrogens is 274 g/mol. The van der Waals surface area contributed by atoms with Gasteiger partial charge < -0.3 is 19.3 Å². The van der Waals surface area contributed by atoms with Gasteiger partial charge in [-0.1, -0.05) is 6.07 Å². The summed E-state index contributed by atoms with van der Waals surface area (Å²) in [5.41, 5.74) is 1.00. The van der Waals surface area contributed by atoms with E-state index in [1.54, 1.807) is 21.3 Å². The fourth-order valence-corrected chi connectivity index (χ4v) is 2.71. The molecule has 1 fully saturated rings. The van der Waals surface area contributed by atoms with Crippen LogP contribution in [0.3, 0.4) is 0 Å². The smallest absolute Gasteiger partial charge is 0.303 e. The average Bonchev–Trinajstić information content (AvgIpc) is 2.43. The Bertz CT molecular complexity index is 511. The molecule has 1 heterocycles. The molecule has 1 saturated heterocycles. The van der Waals surface area contributed by atoms with Crippen LogP contribution in [-0.2, 0) is 11.3 Å². The van der Waals surface area contributed by atoms with Crippen molar-refractivity contribution in [2.75, 3.05) is 34.4 Å². The zero-order valence-corrected chi connectivity index (χ0v) is 12.6. The van der Waals surface area contributed by atoms with Gasteiger partial charge >= 0.3 is 5.97 Å². The maximum atomic E-state index is 10.7. The third-order valence-corrected chi connectivity index (χ3v) is 3.68. The Labute approximate surface area is 124 Å². The van der Waals surface area contributed by atoms with Crippen molar-refractivity contribution in [2.24, 2.45) is 5.92 Å². The minimum atomic E-state index is -0.733. The Morgan fingerprint density at radius 2 is 1.86 bits per heavy atom. The van der Waals surface area contributed by atoms with Gasteiger partial charge in [-0.15, -0.1) is 0 Å². The minimum absolute atomic E-state index is 0.236. The molecule has 1 aliphatic rings. The topological polar surface area (TPSA) is 68.2 Å². The number of nitrogens with zero attached hydrogens (tertiary/aromatic N) is 1. The zero-order chi connectivity index (χ0) is 15.4. The van der Waals surface area contributed by atoms with Crippen molar-refractivity contribution in [3.8, 4) is 17.2 Å². The lowest BCUT2D eigenvalue weighted by Crippen LogP contribution is -2.46. The van der Waals surface area contributed by atoms with E-state index in [0.717, 1.165) is 18.7 Å². The summed E-state index contributed by atoms with van der Waals surface area (Å²) in [7, 11) is 4.77. The molecule has 0 aromatic heterocycles. The fraction of sp³-hybridized carbons (Fsp3) is 0.533. The first-order valence-corrected chi connectivity index (χ1v) is 6.81. The van der Waals surface area contributed by atoms with Crippen LogP contribution >= 0.6 is 0 Å². The van der Waals surface area contributed by atoms with Crippen molar-refractivity contribution in [3.05, 3.63) is 17.7 Å². The van der Waals surface area contributed by atoms with E-state index in [1.165, 1.54) is 0 Å². The Morgan fingerprint density at radius 3 is 2.38 bits per heavy atom. The van der Waals surface area contributed by atoms with Crippen molar-refractivity contribution in [2.45, 2.75) is 13.0 Å². The molecule has 6 nitrogen and oxygen atoms in total. The number of ether oxygens (including phenoxy) is 3. The van der Waals surface area contributed by atoms with E-state index in [4.69, 9.17) is 19.3 Å². The van der Waals surface area contributed by atoms with Gasteiger partial charge in [0, 0.05) is 25.2 Å². The molecule has 1 aromatic carbocycles. The van der Waals surface area contributed by atoms with Crippen LogP contribution in [0.5, 0.6) is 17.2 Å². The molecule has 2 rings (SSSR count). The predicted octanol–water partition coefficient (Wildman–Crippen LogP) is 1.62. The summed E-state index contributed by atoms with van der Waals surface area (Å²) in [6, 6.07) is 3.80. The molecular formula is C15H21NO5. The summed E-state index contributed by atoms with van der Waals surface area (Å²) < 4.78 is 16.1. The first-order valence-electron chi connectivity index (χ1n) is 6.81. The first-order chi connectivity index (χ1) is 10.1. The quantitative estimate of drug-likeness (QED) is 0.824. The van der Waals surface area contributed by atoms with Gasteiger partial charge in [-0.05, 0) is 12.0 Å². The maximum absolute atomic E-state index is 10.7. The third-order valence-electron chi connectivity index (χ3n) is 3.68. The van der Waals surface area contributed by atoms with Crippen molar-refractivity contribution >= 4 is 5.97 Å². The number of methoxy groups -OCH3 is 3. The summed E-state index contributed by atoms with van der Waals surface area (Å²) in [5.74, 6) is 1.39. The predicted molar refractivity (Wildman–Crippen MR) is 77.1 cm³/mol. The highest BCUT2D eigenvalue weighted by Gasteiger charge is 2.29. The van der Waals surface area contributed by atoms with Gasteiger partial charge in [0.15, 0.2) is 11.5 Å². The number of carboxylic acid groups (broad SMARTS) is 1. The highest BCUT2D eigenvalue weighted by Crippen LogP contribution is 2.40. The molecule has 0 unspecified atom stereocenters. The van der Waals surface area contributed by atoms with E-state index in [9.17, 15) is 4.79 Å². The summed E-state index contributed by atoms with van der Waals surface area (Å²) in [6.45, 7) is 2.30. The van der Waals surface area contributed by atoms with Crippen LogP contribution in [0.1, 0.15) is 12.0 Å². The molecule has 0 saturated carbocycles. The van der Waals surface area contributed by atoms with Crippen LogP contribution in [0.2, 0.25) is 0 Å². The largest absolute Gasteiger partial charge is 0.493 e. The second kappa shape index (κ2) is 6.67. The average molecular weight is 295 g/mol. The number of hydrogen-bond donors (Lipinski definition) is 1. The molecule has 0 aliphatic carbocycles. The number of likely N-dealkylation sites (tertiary alicyclic amines) is 1. The minimum Gasteiger partial charge on any atom is -0.493 e. The molecule has 116 valence electrons. The number of benzene rings is 1. The van der Waals surface area contributed by atoms with E-state index in [0.29, 0.717) is 23.8 Å². The first kappa shape index (κ1) is 15.4. The van der Waals surface area contributed by atoms with E-state index in [2.05, 4.69) is 4.90 Å². The van der Waals surface area contributed by atoms with Crippen LogP contribution in [0.25, 0.3) is 0 Å². The molecule has 0 atom stereocenters. The van der Waals surface area contributed by atoms with Gasteiger partial charge in [0.2, 0.25) is 5.75 Å². The Kier molecular flexibility index (Phi) is 4.90. The number of hydrogen-bond acceptors (Lipinski definition) is 5. The number of carboxylic acids is 1. The van der Waals surface area contributed by atoms with Gasteiger partial charge in [-0.3, -0.25) is 9.69 Å². The molecule has 1 aromatic rings. The standard InChI is InChI=1S/C15H21NO5/c1-19-12-5-4-11(14(20-2)15(12)21-3)9-16-7-10(8-16)6-13(17)18/h4-5,10H,6-9H2,1-3H3,(H,17,18). The van der Waals surface area contributed by atoms with Gasteiger partial charge in [-0.2, -0.15) is 0 Å². The molecule has 1 N–H and O–H groups in total. The lowest BCUT2D eigenvalue weighted by molar-refractivity contribution is -0.139. The van der Waals surface area contributed by atoms with E-state index in [1.807, 2.05) is 12.1 Å². The van der Waals surface area contributed by atoms with Crippen molar-refractivity contribution in [1.82, 2.24) is 4.90 Å². The lowest BCUT2D eigenvalue weighted by atomic mass is 9.95. The van der Waals surface area contributed by atoms with Crippen LogP contribution in [-0.4, -0.2) is 50.4 Å². The van der Waals surface area contributed by atoms with Crippen LogP contribution < -0.4 is 14.2 Å². The zero-order valence-electron chi connectivity index (χ0n) is 12.6. The molecule has 0 bridgehead atoms. The van der Waals surface area contributed by atoms with Crippen LogP contribution in [0, 0.1) is 5.92 Å². The number of carbonyl (C=O) groups is 1. The molecule has 21 heavy (non-hydrogen) atoms. The Balaban J connectivity index is 2.06. The van der Waals surface area contributed by atoms with Crippen molar-refractivity contribution in [1.29, 1.82) is 0 Å². The maximum Gasteiger partial charge on any atom is 0.303 e. The van der Waals surface area contributed by atoms with E-state index < -0.39 is 5.97 Å². The Hall–Kier alpha value is -1.95. The van der Waals surface area contributed by atoms with Gasteiger partial charge in [0.1, 0.15) is 0 Å². The Morgan fingerprint density at radius 1 is 1.19 bits per heavy atom. The fourth-order valence-electron chi connectivity index (χ4n) is 2.71. The highest BCUT2D eigenvalue weighted by molar-refractivity contribution is 5.67. The molecule has 6 heteroatoms. The monoisotopic (exact) mass is 295 g/mol. The van der Waals surface area contributed by atoms with Gasteiger partial charge in [0.25, 0.3) is 0 Å². The summed E-state index contributed by atoms with van der Waals surface area (Å²) in [6.07, 6.45) is 0.236. The lowest BCUT2D eigenvalue weighted by Gasteiger charge is -2.38. The molecule has 0 radical (unpaired) electrons. The van der Waals surface area contributed by atoms with E-state index >= 15 is 0 Å². The summed E-state index contributed by atoms with van der Waals surface area (Å²) in [4.78, 5) is 12.8. The SMILES string of the molecule is COc1ccc(CN2CC(CC(=O)O)C2)c(OC)c1OC.